The Bertz CT molecular complexity index is 332. The maximum Gasteiger partial charge on any atom is 0.0397 e. The van der Waals surface area contributed by atoms with E-state index >= 15 is 0 Å². The van der Waals surface area contributed by atoms with Gasteiger partial charge in [0.15, 0.2) is 0 Å². The van der Waals surface area contributed by atoms with Gasteiger partial charge in [-0.05, 0) is 36.7 Å². The van der Waals surface area contributed by atoms with Crippen LogP contribution < -0.4 is 5.32 Å². The normalized spacial score (nSPS) is 16.5. The zero-order chi connectivity index (χ0) is 10.1. The van der Waals surface area contributed by atoms with Gasteiger partial charge in [0.1, 0.15) is 0 Å². The number of likely N-dealkylation sites (N-methyl/N-ethyl adjacent to an activating group) is 1. The Morgan fingerprint density at radius 1 is 1.43 bits per heavy atom. The molecular formula is C11H15BrN2. The summed E-state index contributed by atoms with van der Waals surface area (Å²) >= 11 is 3.54. The molecule has 0 fully saturated rings. The van der Waals surface area contributed by atoms with Crippen LogP contribution in [0.4, 0.5) is 5.69 Å². The Hall–Kier alpha value is -0.540. The van der Waals surface area contributed by atoms with Crippen LogP contribution in [-0.4, -0.2) is 25.5 Å². The van der Waals surface area contributed by atoms with Crippen LogP contribution in [-0.2, 0) is 13.0 Å². The number of nitrogens with zero attached hydrogens (tertiary/aromatic N) is 1. The summed E-state index contributed by atoms with van der Waals surface area (Å²) in [5.74, 6) is 0. The van der Waals surface area contributed by atoms with Crippen molar-refractivity contribution in [2.24, 2.45) is 0 Å². The van der Waals surface area contributed by atoms with Crippen molar-refractivity contribution in [3.05, 3.63) is 27.7 Å². The molecule has 2 nitrogen and oxygen atoms in total. The number of nitrogens with one attached hydrogen (secondary N) is 1. The lowest BCUT2D eigenvalue weighted by Crippen LogP contribution is -2.27. The Morgan fingerprint density at radius 2 is 2.21 bits per heavy atom. The van der Waals surface area contributed by atoms with Gasteiger partial charge in [-0.1, -0.05) is 15.9 Å². The molecule has 0 bridgehead atoms. The maximum absolute atomic E-state index is 3.54. The molecule has 14 heavy (non-hydrogen) atoms. The molecule has 3 heteroatoms. The molecule has 1 N–H and O–H groups in total. The molecule has 0 atom stereocenters. The number of hydrogen-bond donors (Lipinski definition) is 1. The van der Waals surface area contributed by atoms with Crippen molar-refractivity contribution in [3.63, 3.8) is 0 Å². The molecule has 0 unspecified atom stereocenters. The Balaban J connectivity index is 2.47. The van der Waals surface area contributed by atoms with Gasteiger partial charge in [0.25, 0.3) is 0 Å². The molecule has 1 heterocycles. The van der Waals surface area contributed by atoms with E-state index < -0.39 is 0 Å². The highest BCUT2D eigenvalue weighted by Crippen LogP contribution is 2.29. The number of fused-ring (bicyclic) bond motifs is 1. The lowest BCUT2D eigenvalue weighted by atomic mass is 9.98. The summed E-state index contributed by atoms with van der Waals surface area (Å²) in [6.07, 6.45) is 1.15. The van der Waals surface area contributed by atoms with Crippen LogP contribution in [0.1, 0.15) is 11.1 Å². The zero-order valence-corrected chi connectivity index (χ0v) is 10.2. The summed E-state index contributed by atoms with van der Waals surface area (Å²) in [7, 11) is 4.15. The van der Waals surface area contributed by atoms with E-state index in [2.05, 4.69) is 45.3 Å². The molecule has 1 aromatic rings. The third-order valence-electron chi connectivity index (χ3n) is 2.77. The average Bonchev–Trinajstić information content (AvgIpc) is 2.17. The van der Waals surface area contributed by atoms with Crippen molar-refractivity contribution in [2.75, 3.05) is 26.0 Å². The molecule has 1 aromatic carbocycles. The van der Waals surface area contributed by atoms with E-state index in [-0.39, 0.29) is 0 Å². The Labute approximate surface area is 93.4 Å². The van der Waals surface area contributed by atoms with Crippen molar-refractivity contribution in [1.82, 2.24) is 4.90 Å². The highest BCUT2D eigenvalue weighted by molar-refractivity contribution is 9.10. The lowest BCUT2D eigenvalue weighted by Gasteiger charge is -2.27. The van der Waals surface area contributed by atoms with Gasteiger partial charge in [0, 0.05) is 30.3 Å². The summed E-state index contributed by atoms with van der Waals surface area (Å²) in [6, 6.07) is 4.39. The van der Waals surface area contributed by atoms with Crippen LogP contribution >= 0.6 is 15.9 Å². The second-order valence-electron chi connectivity index (χ2n) is 3.83. The van der Waals surface area contributed by atoms with Crippen molar-refractivity contribution in [2.45, 2.75) is 13.0 Å². The lowest BCUT2D eigenvalue weighted by molar-refractivity contribution is 0.313. The number of halogens is 1. The van der Waals surface area contributed by atoms with Crippen LogP contribution in [0.2, 0.25) is 0 Å². The van der Waals surface area contributed by atoms with Crippen LogP contribution in [0.3, 0.4) is 0 Å². The quantitative estimate of drug-likeness (QED) is 0.829. The average molecular weight is 255 g/mol. The van der Waals surface area contributed by atoms with Crippen LogP contribution in [0, 0.1) is 0 Å². The minimum absolute atomic E-state index is 1.05. The van der Waals surface area contributed by atoms with Crippen molar-refractivity contribution in [3.8, 4) is 0 Å². The molecule has 0 radical (unpaired) electrons. The van der Waals surface area contributed by atoms with E-state index in [1.165, 1.54) is 21.3 Å². The first kappa shape index (κ1) is 9.99. The molecule has 2 rings (SSSR count). The fourth-order valence-electron chi connectivity index (χ4n) is 1.99. The number of benzene rings is 1. The van der Waals surface area contributed by atoms with E-state index in [4.69, 9.17) is 0 Å². The summed E-state index contributed by atoms with van der Waals surface area (Å²) < 4.78 is 1.17. The zero-order valence-electron chi connectivity index (χ0n) is 8.60. The van der Waals surface area contributed by atoms with Gasteiger partial charge in [-0.3, -0.25) is 0 Å². The molecule has 0 aromatic heterocycles. The molecule has 1 aliphatic heterocycles. The number of hydrogen-bond acceptors (Lipinski definition) is 2. The second kappa shape index (κ2) is 3.91. The van der Waals surface area contributed by atoms with Crippen LogP contribution in [0.25, 0.3) is 0 Å². The van der Waals surface area contributed by atoms with Gasteiger partial charge in [0.05, 0.1) is 0 Å². The first-order chi connectivity index (χ1) is 6.70. The Morgan fingerprint density at radius 3 is 2.93 bits per heavy atom. The van der Waals surface area contributed by atoms with Crippen LogP contribution in [0.15, 0.2) is 16.6 Å². The SMILES string of the molecule is CNc1cc(Br)cc2c1CN(C)CC2. The number of rotatable bonds is 1. The summed E-state index contributed by atoms with van der Waals surface area (Å²) in [5.41, 5.74) is 4.17. The van der Waals surface area contributed by atoms with Crippen molar-refractivity contribution < 1.29 is 0 Å². The highest BCUT2D eigenvalue weighted by atomic mass is 79.9. The van der Waals surface area contributed by atoms with E-state index in [1.54, 1.807) is 0 Å². The molecule has 0 spiro atoms. The molecule has 0 amide bonds. The summed E-state index contributed by atoms with van der Waals surface area (Å²) in [5, 5.41) is 3.26. The predicted molar refractivity (Wildman–Crippen MR) is 63.7 cm³/mol. The third-order valence-corrected chi connectivity index (χ3v) is 3.23. The van der Waals surface area contributed by atoms with Gasteiger partial charge in [-0.15, -0.1) is 0 Å². The standard InChI is InChI=1S/C11H15BrN2/c1-13-11-6-9(12)5-8-3-4-14(2)7-10(8)11/h5-6,13H,3-4,7H2,1-2H3. The molecule has 0 aliphatic carbocycles. The highest BCUT2D eigenvalue weighted by Gasteiger charge is 2.16. The van der Waals surface area contributed by atoms with E-state index in [0.29, 0.717) is 0 Å². The molecule has 0 saturated carbocycles. The van der Waals surface area contributed by atoms with E-state index in [1.807, 2.05) is 7.05 Å². The van der Waals surface area contributed by atoms with Gasteiger partial charge >= 0.3 is 0 Å². The van der Waals surface area contributed by atoms with Gasteiger partial charge in [-0.25, -0.2) is 0 Å². The maximum atomic E-state index is 3.54. The second-order valence-corrected chi connectivity index (χ2v) is 4.74. The van der Waals surface area contributed by atoms with E-state index in [9.17, 15) is 0 Å². The molecule has 0 saturated heterocycles. The first-order valence-corrected chi connectivity index (χ1v) is 5.67. The monoisotopic (exact) mass is 254 g/mol. The fourth-order valence-corrected chi connectivity index (χ4v) is 2.49. The first-order valence-electron chi connectivity index (χ1n) is 4.88. The molecule has 1 aliphatic rings. The van der Waals surface area contributed by atoms with Gasteiger partial charge < -0.3 is 10.2 Å². The summed E-state index contributed by atoms with van der Waals surface area (Å²) in [6.45, 7) is 2.21. The topological polar surface area (TPSA) is 15.3 Å². The van der Waals surface area contributed by atoms with Gasteiger partial charge in [0.2, 0.25) is 0 Å². The van der Waals surface area contributed by atoms with Crippen molar-refractivity contribution >= 4 is 21.6 Å². The minimum Gasteiger partial charge on any atom is -0.388 e. The minimum atomic E-state index is 1.05. The molecule has 76 valence electrons. The number of anilines is 1. The van der Waals surface area contributed by atoms with Crippen molar-refractivity contribution in [1.29, 1.82) is 0 Å². The van der Waals surface area contributed by atoms with E-state index in [0.717, 1.165) is 19.5 Å². The summed E-state index contributed by atoms with van der Waals surface area (Å²) in [4.78, 5) is 2.36. The Kier molecular flexibility index (Phi) is 2.79. The predicted octanol–water partition coefficient (Wildman–Crippen LogP) is 2.48. The van der Waals surface area contributed by atoms with Crippen LogP contribution in [0.5, 0.6) is 0 Å². The largest absolute Gasteiger partial charge is 0.388 e. The smallest absolute Gasteiger partial charge is 0.0397 e. The fraction of sp³-hybridized carbons (Fsp3) is 0.455. The molecular weight excluding hydrogens is 240 g/mol. The van der Waals surface area contributed by atoms with Gasteiger partial charge in [-0.2, -0.15) is 0 Å². The third kappa shape index (κ3) is 1.79.